The zero-order chi connectivity index (χ0) is 23.9. The molecule has 1 aliphatic carbocycles. The van der Waals surface area contributed by atoms with Crippen LogP contribution in [0.3, 0.4) is 0 Å². The molecule has 1 saturated carbocycles. The van der Waals surface area contributed by atoms with Crippen molar-refractivity contribution in [3.8, 4) is 28.5 Å². The Morgan fingerprint density at radius 2 is 1.54 bits per heavy atom. The first-order valence-corrected chi connectivity index (χ1v) is 14.3. The van der Waals surface area contributed by atoms with Gasteiger partial charge in [0.15, 0.2) is 0 Å². The van der Waals surface area contributed by atoms with Crippen LogP contribution >= 0.6 is 0 Å². The number of nitrogens with zero attached hydrogens (tertiary/aromatic N) is 2. The van der Waals surface area contributed by atoms with E-state index in [0.29, 0.717) is 5.92 Å². The Bertz CT molecular complexity index is 1600. The monoisotopic (exact) mass is 521 g/mol. The number of fused-ring (bicyclic) bond motifs is 3. The van der Waals surface area contributed by atoms with E-state index in [4.69, 9.17) is 0 Å². The molecule has 0 amide bonds. The quantitative estimate of drug-likeness (QED) is 0.180. The van der Waals surface area contributed by atoms with Crippen LogP contribution in [-0.2, 0) is 7.05 Å². The van der Waals surface area contributed by atoms with Gasteiger partial charge in [0, 0.05) is 0 Å². The number of pyridine rings is 1. The molecule has 3 aromatic carbocycles. The van der Waals surface area contributed by atoms with E-state index in [1.165, 1.54) is 79.3 Å². The van der Waals surface area contributed by atoms with E-state index < -0.39 is 0 Å². The summed E-state index contributed by atoms with van der Waals surface area (Å²) in [7, 11) is 2.12. The van der Waals surface area contributed by atoms with Gasteiger partial charge in [-0.05, 0) is 0 Å². The van der Waals surface area contributed by atoms with Crippen molar-refractivity contribution in [1.82, 2.24) is 0 Å². The number of benzene rings is 3. The molecule has 0 N–H and O–H groups in total. The van der Waals surface area contributed by atoms with Gasteiger partial charge in [-0.1, -0.05) is 0 Å². The van der Waals surface area contributed by atoms with Crippen LogP contribution in [0, 0.1) is 18.3 Å². The number of rotatable bonds is 3. The van der Waals surface area contributed by atoms with Crippen molar-refractivity contribution in [3.63, 3.8) is 0 Å². The molecule has 2 nitrogen and oxygen atoms in total. The molecule has 0 aliphatic heterocycles. The van der Waals surface area contributed by atoms with E-state index in [1.807, 2.05) is 6.07 Å². The second-order valence-corrected chi connectivity index (χ2v) is 12.0. The number of hydrogen-bond acceptors (Lipinski definition) is 1. The van der Waals surface area contributed by atoms with Crippen LogP contribution in [0.1, 0.15) is 54.7 Å². The maximum absolute atomic E-state index is 10.1. The van der Waals surface area contributed by atoms with Gasteiger partial charge in [-0.2, -0.15) is 0 Å². The molecule has 1 fully saturated rings. The Kier molecular flexibility index (Phi) is 5.81. The van der Waals surface area contributed by atoms with Crippen LogP contribution in [0.15, 0.2) is 72.9 Å². The number of nitriles is 1. The fraction of sp³-hybridized carbons (Fsp3) is 0.250. The third-order valence-corrected chi connectivity index (χ3v) is 10.4. The second kappa shape index (κ2) is 9.12. The van der Waals surface area contributed by atoms with Crippen molar-refractivity contribution in [2.45, 2.75) is 44.9 Å². The molecule has 1 aliphatic rings. The minimum absolute atomic E-state index is 0.124. The second-order valence-electron chi connectivity index (χ2n) is 9.87. The van der Waals surface area contributed by atoms with E-state index >= 15 is 0 Å². The summed E-state index contributed by atoms with van der Waals surface area (Å²) >= 11 is 0.124. The third-order valence-electron chi connectivity index (χ3n) is 7.73. The fourth-order valence-corrected chi connectivity index (χ4v) is 8.94. The van der Waals surface area contributed by atoms with Crippen molar-refractivity contribution >= 4 is 33.8 Å². The molecular weight excluding hydrogens is 491 g/mol. The van der Waals surface area contributed by atoms with Gasteiger partial charge in [0.25, 0.3) is 0 Å². The van der Waals surface area contributed by atoms with Gasteiger partial charge in [0.05, 0.1) is 0 Å². The van der Waals surface area contributed by atoms with Gasteiger partial charge >= 0.3 is 214 Å². The molecule has 0 bridgehead atoms. The average molecular weight is 521 g/mol. The molecule has 172 valence electrons. The molecule has 0 radical (unpaired) electrons. The predicted octanol–water partition coefficient (Wildman–Crippen LogP) is 7.44. The normalized spacial score (nSPS) is 14.4. The zero-order valence-corrected chi connectivity index (χ0v) is 22.1. The molecule has 35 heavy (non-hydrogen) atoms. The summed E-state index contributed by atoms with van der Waals surface area (Å²) in [5, 5.41) is 12.7. The standard InChI is InChI=1S/C32H29N2Se/c1-21-11-17-26-27-18-16-25(20-33)30(24-14-12-23(13-15-24)22-8-4-3-5-9-22)32(27)35-31(26)29(21)28-10-6-7-19-34(28)2/h6-7,10-19,22H,3-5,8-9H2,1-2H3/q+1. The van der Waals surface area contributed by atoms with Gasteiger partial charge in [-0.25, -0.2) is 0 Å². The number of aromatic nitrogens is 1. The molecule has 3 heteroatoms. The van der Waals surface area contributed by atoms with Crippen LogP contribution in [-0.4, -0.2) is 14.5 Å². The Balaban J connectivity index is 1.57. The first kappa shape index (κ1) is 22.3. The molecule has 2 heterocycles. The van der Waals surface area contributed by atoms with E-state index in [9.17, 15) is 5.26 Å². The first-order chi connectivity index (χ1) is 17.2. The minimum atomic E-state index is 0.124. The van der Waals surface area contributed by atoms with Crippen molar-refractivity contribution in [2.24, 2.45) is 7.05 Å². The Hall–Kier alpha value is -3.18. The first-order valence-electron chi connectivity index (χ1n) is 12.6. The Morgan fingerprint density at radius 1 is 0.829 bits per heavy atom. The topological polar surface area (TPSA) is 27.7 Å². The zero-order valence-electron chi connectivity index (χ0n) is 20.3. The summed E-state index contributed by atoms with van der Waals surface area (Å²) < 4.78 is 5.00. The van der Waals surface area contributed by atoms with E-state index in [-0.39, 0.29) is 14.5 Å². The molecule has 2 aromatic heterocycles. The van der Waals surface area contributed by atoms with Crippen LogP contribution in [0.4, 0.5) is 0 Å². The van der Waals surface area contributed by atoms with Crippen LogP contribution in [0.2, 0.25) is 0 Å². The maximum atomic E-state index is 10.1. The Labute approximate surface area is 213 Å². The summed E-state index contributed by atoms with van der Waals surface area (Å²) in [6.07, 6.45) is 8.80. The fourth-order valence-electron chi connectivity index (χ4n) is 5.84. The van der Waals surface area contributed by atoms with E-state index in [2.05, 4.69) is 91.5 Å². The van der Waals surface area contributed by atoms with Crippen molar-refractivity contribution in [3.05, 3.63) is 89.6 Å². The van der Waals surface area contributed by atoms with Crippen molar-refractivity contribution < 1.29 is 4.57 Å². The summed E-state index contributed by atoms with van der Waals surface area (Å²) in [5.41, 5.74) is 8.46. The van der Waals surface area contributed by atoms with Gasteiger partial charge in [0.1, 0.15) is 0 Å². The molecule has 0 unspecified atom stereocenters. The third kappa shape index (κ3) is 3.82. The SMILES string of the molecule is Cc1ccc2c([se]c3c(-c4ccc(C5CCCCC5)cc4)c(C#N)ccc32)c1-c1cccc[n+]1C. The van der Waals surface area contributed by atoms with Gasteiger partial charge in [0.2, 0.25) is 0 Å². The molecule has 5 aromatic rings. The van der Waals surface area contributed by atoms with Crippen molar-refractivity contribution in [1.29, 1.82) is 5.26 Å². The molecule has 0 spiro atoms. The van der Waals surface area contributed by atoms with Gasteiger partial charge < -0.3 is 0 Å². The molecular formula is C32H29N2Se+. The number of aryl methyl sites for hydroxylation is 2. The number of hydrogen-bond donors (Lipinski definition) is 0. The molecule has 0 saturated heterocycles. The average Bonchev–Trinajstić information content (AvgIpc) is 3.28. The van der Waals surface area contributed by atoms with Gasteiger partial charge in [-0.3, -0.25) is 0 Å². The van der Waals surface area contributed by atoms with Crippen LogP contribution in [0.25, 0.3) is 41.7 Å². The van der Waals surface area contributed by atoms with Crippen LogP contribution in [0.5, 0.6) is 0 Å². The summed E-state index contributed by atoms with van der Waals surface area (Å²) in [6, 6.07) is 26.8. The summed E-state index contributed by atoms with van der Waals surface area (Å²) in [6.45, 7) is 2.22. The van der Waals surface area contributed by atoms with Gasteiger partial charge in [-0.15, -0.1) is 0 Å². The van der Waals surface area contributed by atoms with Crippen LogP contribution < -0.4 is 4.57 Å². The Morgan fingerprint density at radius 3 is 2.26 bits per heavy atom. The van der Waals surface area contributed by atoms with E-state index in [0.717, 1.165) is 11.1 Å². The molecule has 6 rings (SSSR count). The van der Waals surface area contributed by atoms with E-state index in [1.54, 1.807) is 0 Å². The summed E-state index contributed by atoms with van der Waals surface area (Å²) in [5.74, 6) is 0.695. The molecule has 0 atom stereocenters. The summed E-state index contributed by atoms with van der Waals surface area (Å²) in [4.78, 5) is 0. The predicted molar refractivity (Wildman–Crippen MR) is 146 cm³/mol. The van der Waals surface area contributed by atoms with Crippen molar-refractivity contribution in [2.75, 3.05) is 0 Å².